The monoisotopic (exact) mass is 391 g/mol. The van der Waals surface area contributed by atoms with Crippen molar-refractivity contribution in [2.45, 2.75) is 44.3 Å². The molecule has 10 nitrogen and oxygen atoms in total. The molecule has 0 unspecified atom stereocenters. The molecule has 0 aliphatic heterocycles. The zero-order valence-corrected chi connectivity index (χ0v) is 16.4. The molecular weight excluding hydrogens is 370 g/mol. The number of amides is 1. The number of hydrogen-bond acceptors (Lipinski definition) is 7. The maximum Gasteiger partial charge on any atom is 0.271 e. The number of sulfone groups is 1. The van der Waals surface area contributed by atoms with E-state index in [1.165, 1.54) is 15.5 Å². The van der Waals surface area contributed by atoms with Gasteiger partial charge in [-0.2, -0.15) is 5.10 Å². The van der Waals surface area contributed by atoms with Crippen LogP contribution in [-0.4, -0.2) is 61.7 Å². The Morgan fingerprint density at radius 1 is 1.19 bits per heavy atom. The van der Waals surface area contributed by atoms with E-state index in [0.717, 1.165) is 0 Å². The first-order chi connectivity index (χ1) is 12.8. The number of fused-ring (bicyclic) bond motifs is 1. The van der Waals surface area contributed by atoms with E-state index in [4.69, 9.17) is 0 Å². The summed E-state index contributed by atoms with van der Waals surface area (Å²) in [6.45, 7) is 8.18. The Morgan fingerprint density at radius 2 is 1.89 bits per heavy atom. The van der Waals surface area contributed by atoms with Crippen molar-refractivity contribution in [1.29, 1.82) is 0 Å². The second-order valence-electron chi connectivity index (χ2n) is 6.05. The first kappa shape index (κ1) is 19.0. The molecule has 0 fully saturated rings. The van der Waals surface area contributed by atoms with E-state index < -0.39 is 9.84 Å². The lowest BCUT2D eigenvalue weighted by Crippen LogP contribution is -2.33. The number of rotatable bonds is 6. The molecular formula is C16H21N7O3S. The van der Waals surface area contributed by atoms with Gasteiger partial charge in [-0.25, -0.2) is 27.6 Å². The van der Waals surface area contributed by atoms with Crippen LogP contribution in [-0.2, 0) is 21.2 Å². The van der Waals surface area contributed by atoms with Crippen molar-refractivity contribution in [3.05, 3.63) is 30.0 Å². The summed E-state index contributed by atoms with van der Waals surface area (Å²) >= 11 is 0. The summed E-state index contributed by atoms with van der Waals surface area (Å²) in [6.07, 6.45) is 2.90. The van der Waals surface area contributed by atoms with E-state index in [-0.39, 0.29) is 28.2 Å². The van der Waals surface area contributed by atoms with E-state index in [2.05, 4.69) is 20.2 Å². The molecule has 0 aliphatic rings. The topological polar surface area (TPSA) is 115 Å². The van der Waals surface area contributed by atoms with Gasteiger partial charge in [-0.3, -0.25) is 4.79 Å². The quantitative estimate of drug-likeness (QED) is 0.605. The molecule has 0 bridgehead atoms. The molecule has 11 heteroatoms. The number of carbonyl (C=O) groups excluding carboxylic acids is 1. The molecule has 144 valence electrons. The predicted molar refractivity (Wildman–Crippen MR) is 95.9 cm³/mol. The molecule has 1 amide bonds. The standard InChI is InChI=1S/C16H21N7O3S/c1-5-21(6-2)13(24)9-22-10-17-16(20-22)27(25,26)14-12(4)19-23-8-7-11(3)18-15(14)23/h7-8,10H,5-6,9H2,1-4H3. The summed E-state index contributed by atoms with van der Waals surface area (Å²) in [5.41, 5.74) is 1.20. The molecule has 0 atom stereocenters. The summed E-state index contributed by atoms with van der Waals surface area (Å²) in [4.78, 5) is 22.0. The Bertz CT molecular complexity index is 1100. The van der Waals surface area contributed by atoms with Gasteiger partial charge in [0, 0.05) is 25.0 Å². The molecule has 3 aromatic rings. The van der Waals surface area contributed by atoms with Gasteiger partial charge in [-0.15, -0.1) is 5.10 Å². The second-order valence-corrected chi connectivity index (χ2v) is 7.83. The van der Waals surface area contributed by atoms with Crippen LogP contribution in [0.1, 0.15) is 25.2 Å². The molecule has 3 rings (SSSR count). The SMILES string of the molecule is CCN(CC)C(=O)Cn1cnc(S(=O)(=O)c2c(C)nn3ccc(C)nc23)n1. The van der Waals surface area contributed by atoms with Gasteiger partial charge in [0.2, 0.25) is 15.7 Å². The van der Waals surface area contributed by atoms with Crippen LogP contribution in [0.3, 0.4) is 0 Å². The number of aromatic nitrogens is 6. The number of nitrogens with zero attached hydrogens (tertiary/aromatic N) is 7. The first-order valence-electron chi connectivity index (χ1n) is 8.52. The molecule has 0 saturated heterocycles. The minimum absolute atomic E-state index is 0.0287. The second kappa shape index (κ2) is 7.06. The molecule has 0 spiro atoms. The van der Waals surface area contributed by atoms with Crippen LogP contribution in [0.4, 0.5) is 0 Å². The fourth-order valence-corrected chi connectivity index (χ4v) is 4.20. The lowest BCUT2D eigenvalue weighted by molar-refractivity contribution is -0.131. The van der Waals surface area contributed by atoms with Gasteiger partial charge in [-0.05, 0) is 33.8 Å². The largest absolute Gasteiger partial charge is 0.342 e. The molecule has 0 saturated carbocycles. The summed E-state index contributed by atoms with van der Waals surface area (Å²) < 4.78 is 28.8. The molecule has 3 aromatic heterocycles. The lowest BCUT2D eigenvalue weighted by atomic mass is 10.4. The highest BCUT2D eigenvalue weighted by Crippen LogP contribution is 2.24. The van der Waals surface area contributed by atoms with Crippen LogP contribution in [0.15, 0.2) is 28.6 Å². The normalized spacial score (nSPS) is 11.9. The zero-order chi connectivity index (χ0) is 19.8. The van der Waals surface area contributed by atoms with Crippen LogP contribution < -0.4 is 0 Å². The Morgan fingerprint density at radius 3 is 2.56 bits per heavy atom. The average molecular weight is 391 g/mol. The summed E-state index contributed by atoms with van der Waals surface area (Å²) in [5, 5.41) is 7.82. The third kappa shape index (κ3) is 3.42. The minimum Gasteiger partial charge on any atom is -0.342 e. The van der Waals surface area contributed by atoms with Gasteiger partial charge in [-0.1, -0.05) is 0 Å². The van der Waals surface area contributed by atoms with Gasteiger partial charge in [0.1, 0.15) is 17.8 Å². The molecule has 0 N–H and O–H groups in total. The van der Waals surface area contributed by atoms with Crippen LogP contribution in [0, 0.1) is 13.8 Å². The fraction of sp³-hybridized carbons (Fsp3) is 0.438. The third-order valence-corrected chi connectivity index (χ3v) is 5.87. The van der Waals surface area contributed by atoms with Crippen molar-refractivity contribution in [2.75, 3.05) is 13.1 Å². The third-order valence-electron chi connectivity index (χ3n) is 4.18. The highest BCUT2D eigenvalue weighted by molar-refractivity contribution is 7.91. The Kier molecular flexibility index (Phi) is 4.96. The molecule has 0 radical (unpaired) electrons. The lowest BCUT2D eigenvalue weighted by Gasteiger charge is -2.17. The van der Waals surface area contributed by atoms with Crippen molar-refractivity contribution < 1.29 is 13.2 Å². The average Bonchev–Trinajstić information content (AvgIpc) is 3.20. The van der Waals surface area contributed by atoms with E-state index >= 15 is 0 Å². The number of carbonyl (C=O) groups is 1. The number of aryl methyl sites for hydroxylation is 2. The van der Waals surface area contributed by atoms with Crippen molar-refractivity contribution >= 4 is 21.4 Å². The Labute approximate surface area is 156 Å². The first-order valence-corrected chi connectivity index (χ1v) is 10.0. The smallest absolute Gasteiger partial charge is 0.271 e. The van der Waals surface area contributed by atoms with Crippen LogP contribution in [0.25, 0.3) is 5.65 Å². The zero-order valence-electron chi connectivity index (χ0n) is 15.6. The van der Waals surface area contributed by atoms with Crippen LogP contribution in [0.2, 0.25) is 0 Å². The highest BCUT2D eigenvalue weighted by Gasteiger charge is 2.30. The van der Waals surface area contributed by atoms with Gasteiger partial charge in [0.15, 0.2) is 5.65 Å². The molecule has 3 heterocycles. The number of likely N-dealkylation sites (N-methyl/N-ethyl adjacent to an activating group) is 1. The maximum absolute atomic E-state index is 13.1. The van der Waals surface area contributed by atoms with Gasteiger partial charge in [0.25, 0.3) is 5.16 Å². The highest BCUT2D eigenvalue weighted by atomic mass is 32.2. The van der Waals surface area contributed by atoms with Crippen molar-refractivity contribution in [2.24, 2.45) is 0 Å². The van der Waals surface area contributed by atoms with E-state index in [1.807, 2.05) is 13.8 Å². The van der Waals surface area contributed by atoms with Gasteiger partial charge >= 0.3 is 0 Å². The minimum atomic E-state index is -4.03. The van der Waals surface area contributed by atoms with Crippen LogP contribution >= 0.6 is 0 Å². The fourth-order valence-electron chi connectivity index (χ4n) is 2.81. The van der Waals surface area contributed by atoms with E-state index in [1.54, 1.807) is 31.0 Å². The molecule has 0 aliphatic carbocycles. The van der Waals surface area contributed by atoms with E-state index in [9.17, 15) is 13.2 Å². The molecule has 27 heavy (non-hydrogen) atoms. The van der Waals surface area contributed by atoms with Crippen molar-refractivity contribution in [3.8, 4) is 0 Å². The van der Waals surface area contributed by atoms with Gasteiger partial charge < -0.3 is 4.90 Å². The van der Waals surface area contributed by atoms with Gasteiger partial charge in [0.05, 0.1) is 5.69 Å². The van der Waals surface area contributed by atoms with Crippen molar-refractivity contribution in [1.82, 2.24) is 34.3 Å². The predicted octanol–water partition coefficient (Wildman–Crippen LogP) is 0.639. The number of hydrogen-bond donors (Lipinski definition) is 0. The summed E-state index contributed by atoms with van der Waals surface area (Å²) in [6, 6.07) is 1.74. The molecule has 0 aromatic carbocycles. The maximum atomic E-state index is 13.1. The van der Waals surface area contributed by atoms with Crippen molar-refractivity contribution in [3.63, 3.8) is 0 Å². The summed E-state index contributed by atoms with van der Waals surface area (Å²) in [5.74, 6) is -0.154. The van der Waals surface area contributed by atoms with E-state index in [0.29, 0.717) is 24.5 Å². The Balaban J connectivity index is 1.98. The van der Waals surface area contributed by atoms with Crippen LogP contribution in [0.5, 0.6) is 0 Å². The summed E-state index contributed by atoms with van der Waals surface area (Å²) in [7, 11) is -4.03. The Hall–Kier alpha value is -2.82.